The van der Waals surface area contributed by atoms with Crippen LogP contribution in [0.1, 0.15) is 12.5 Å². The minimum atomic E-state index is -0.351. The first kappa shape index (κ1) is 18.6. The Kier molecular flexibility index (Phi) is 4.91. The van der Waals surface area contributed by atoms with Crippen LogP contribution in [0.25, 0.3) is 11.3 Å². The van der Waals surface area contributed by atoms with Gasteiger partial charge in [0.25, 0.3) is 0 Å². The zero-order valence-corrected chi connectivity index (χ0v) is 17.1. The van der Waals surface area contributed by atoms with Crippen molar-refractivity contribution in [1.82, 2.24) is 15.0 Å². The third-order valence-corrected chi connectivity index (χ3v) is 5.39. The Labute approximate surface area is 171 Å². The van der Waals surface area contributed by atoms with Gasteiger partial charge in [-0.05, 0) is 30.3 Å². The number of fused-ring (bicyclic) bond motifs is 1. The van der Waals surface area contributed by atoms with Crippen molar-refractivity contribution in [1.29, 1.82) is 0 Å². The highest BCUT2D eigenvalue weighted by atomic mass is 79.9. The molecule has 0 aliphatic carbocycles. The largest absolute Gasteiger partial charge is 0.495 e. The summed E-state index contributed by atoms with van der Waals surface area (Å²) >= 11 is 3.47. The molecule has 1 unspecified atom stereocenters. The van der Waals surface area contributed by atoms with Gasteiger partial charge in [0, 0.05) is 40.0 Å². The van der Waals surface area contributed by atoms with Gasteiger partial charge in [-0.15, -0.1) is 0 Å². The van der Waals surface area contributed by atoms with Crippen LogP contribution < -0.4 is 15.4 Å². The van der Waals surface area contributed by atoms with Gasteiger partial charge in [0.05, 0.1) is 25.1 Å². The summed E-state index contributed by atoms with van der Waals surface area (Å²) in [6.45, 7) is 2.73. The fourth-order valence-corrected chi connectivity index (χ4v) is 3.56. The average Bonchev–Trinajstić information content (AvgIpc) is 3.05. The van der Waals surface area contributed by atoms with E-state index < -0.39 is 0 Å². The van der Waals surface area contributed by atoms with E-state index in [1.165, 1.54) is 0 Å². The van der Waals surface area contributed by atoms with Crippen molar-refractivity contribution < 1.29 is 9.84 Å². The van der Waals surface area contributed by atoms with Crippen LogP contribution in [0.5, 0.6) is 5.75 Å². The zero-order valence-electron chi connectivity index (χ0n) is 15.5. The topological polar surface area (TPSA) is 92.2 Å². The van der Waals surface area contributed by atoms with E-state index in [1.807, 2.05) is 37.3 Å². The molecule has 2 aromatic heterocycles. The number of pyridine rings is 1. The Morgan fingerprint density at radius 2 is 2.14 bits per heavy atom. The third kappa shape index (κ3) is 3.41. The molecule has 0 fully saturated rings. The molecule has 1 atom stereocenters. The number of ether oxygens (including phenoxy) is 1. The number of aliphatic hydroxyl groups is 1. The number of hydrogen-bond donors (Lipinski definition) is 3. The minimum absolute atomic E-state index is 0.0530. The van der Waals surface area contributed by atoms with E-state index in [9.17, 15) is 5.11 Å². The summed E-state index contributed by atoms with van der Waals surface area (Å²) in [6.07, 6.45) is 3.48. The Balaban J connectivity index is 1.67. The van der Waals surface area contributed by atoms with Crippen molar-refractivity contribution in [3.8, 4) is 17.0 Å². The molecule has 0 amide bonds. The maximum absolute atomic E-state index is 9.79. The summed E-state index contributed by atoms with van der Waals surface area (Å²) in [5.74, 6) is 1.96. The van der Waals surface area contributed by atoms with Gasteiger partial charge in [-0.2, -0.15) is 0 Å². The standard InChI is InChI=1S/C20H20BrN5O2/c1-20(11-27)10-24-18-14(20)7-12(9-23-18)15-5-6-22-19(25-15)26-16-8-13(21)3-4-17(16)28-2/h3-9,27H,10-11H2,1-2H3,(H,23,24)(H,22,25,26). The van der Waals surface area contributed by atoms with Gasteiger partial charge >= 0.3 is 0 Å². The second-order valence-corrected chi connectivity index (χ2v) is 7.84. The molecule has 1 aliphatic rings. The summed E-state index contributed by atoms with van der Waals surface area (Å²) in [4.78, 5) is 13.4. The molecule has 1 aliphatic heterocycles. The predicted molar refractivity (Wildman–Crippen MR) is 112 cm³/mol. The van der Waals surface area contributed by atoms with E-state index in [-0.39, 0.29) is 12.0 Å². The molecule has 0 bridgehead atoms. The SMILES string of the molecule is COc1ccc(Br)cc1Nc1nccc(-c2cnc3c(c2)C(C)(CO)CN3)n1. The monoisotopic (exact) mass is 441 g/mol. The minimum Gasteiger partial charge on any atom is -0.495 e. The summed E-state index contributed by atoms with van der Waals surface area (Å²) < 4.78 is 6.32. The molecule has 0 spiro atoms. The zero-order chi connectivity index (χ0) is 19.7. The molecule has 0 saturated carbocycles. The quantitative estimate of drug-likeness (QED) is 0.555. The number of nitrogens with one attached hydrogen (secondary N) is 2. The van der Waals surface area contributed by atoms with Gasteiger partial charge < -0.3 is 20.5 Å². The lowest BCUT2D eigenvalue weighted by molar-refractivity contribution is 0.218. The molecule has 1 aromatic carbocycles. The van der Waals surface area contributed by atoms with E-state index in [1.54, 1.807) is 19.5 Å². The lowest BCUT2D eigenvalue weighted by Crippen LogP contribution is -2.28. The summed E-state index contributed by atoms with van der Waals surface area (Å²) in [5.41, 5.74) is 3.02. The highest BCUT2D eigenvalue weighted by Gasteiger charge is 2.35. The fourth-order valence-electron chi connectivity index (χ4n) is 3.20. The van der Waals surface area contributed by atoms with Crippen LogP contribution in [0, 0.1) is 0 Å². The number of nitrogens with zero attached hydrogens (tertiary/aromatic N) is 3. The van der Waals surface area contributed by atoms with Crippen LogP contribution in [0.15, 0.2) is 47.2 Å². The number of aliphatic hydroxyl groups excluding tert-OH is 1. The van der Waals surface area contributed by atoms with Crippen molar-refractivity contribution in [3.05, 3.63) is 52.8 Å². The first-order valence-electron chi connectivity index (χ1n) is 8.82. The van der Waals surface area contributed by atoms with E-state index in [0.717, 1.165) is 32.8 Å². The molecule has 3 N–H and O–H groups in total. The van der Waals surface area contributed by atoms with Crippen LogP contribution >= 0.6 is 15.9 Å². The number of anilines is 3. The Bertz CT molecular complexity index is 1030. The second kappa shape index (κ2) is 7.37. The van der Waals surface area contributed by atoms with E-state index in [2.05, 4.69) is 41.5 Å². The van der Waals surface area contributed by atoms with Crippen molar-refractivity contribution in [2.24, 2.45) is 0 Å². The summed E-state index contributed by atoms with van der Waals surface area (Å²) in [7, 11) is 1.62. The molecule has 8 heteroatoms. The van der Waals surface area contributed by atoms with Crippen LogP contribution in [0.3, 0.4) is 0 Å². The van der Waals surface area contributed by atoms with Crippen molar-refractivity contribution in [2.45, 2.75) is 12.3 Å². The van der Waals surface area contributed by atoms with Crippen molar-refractivity contribution in [3.63, 3.8) is 0 Å². The molecule has 28 heavy (non-hydrogen) atoms. The second-order valence-electron chi connectivity index (χ2n) is 6.93. The van der Waals surface area contributed by atoms with Gasteiger partial charge in [-0.3, -0.25) is 0 Å². The molecule has 4 rings (SSSR count). The van der Waals surface area contributed by atoms with Gasteiger partial charge in [0.2, 0.25) is 5.95 Å². The molecule has 0 saturated heterocycles. The smallest absolute Gasteiger partial charge is 0.227 e. The van der Waals surface area contributed by atoms with Crippen LogP contribution in [0.2, 0.25) is 0 Å². The Morgan fingerprint density at radius 3 is 2.93 bits per heavy atom. The van der Waals surface area contributed by atoms with Gasteiger partial charge in [-0.1, -0.05) is 22.9 Å². The number of aromatic nitrogens is 3. The van der Waals surface area contributed by atoms with Gasteiger partial charge in [0.1, 0.15) is 11.6 Å². The van der Waals surface area contributed by atoms with Crippen LogP contribution in [-0.4, -0.2) is 40.3 Å². The molecule has 7 nitrogen and oxygen atoms in total. The maximum Gasteiger partial charge on any atom is 0.227 e. The first-order chi connectivity index (χ1) is 13.5. The number of hydrogen-bond acceptors (Lipinski definition) is 7. The summed E-state index contributed by atoms with van der Waals surface area (Å²) in [6, 6.07) is 9.55. The molecule has 144 valence electrons. The van der Waals surface area contributed by atoms with Crippen molar-refractivity contribution >= 4 is 33.4 Å². The highest BCUT2D eigenvalue weighted by molar-refractivity contribution is 9.10. The number of rotatable bonds is 5. The van der Waals surface area contributed by atoms with Crippen molar-refractivity contribution in [2.75, 3.05) is 30.9 Å². The number of methoxy groups -OCH3 is 1. The molecule has 3 aromatic rings. The highest BCUT2D eigenvalue weighted by Crippen LogP contribution is 2.37. The van der Waals surface area contributed by atoms with Crippen LogP contribution in [-0.2, 0) is 5.41 Å². The predicted octanol–water partition coefficient (Wildman–Crippen LogP) is 3.73. The van der Waals surface area contributed by atoms with Gasteiger partial charge in [0.15, 0.2) is 0 Å². The fraction of sp³-hybridized carbons (Fsp3) is 0.250. The summed E-state index contributed by atoms with van der Waals surface area (Å²) in [5, 5.41) is 16.2. The molecule has 0 radical (unpaired) electrons. The number of halogens is 1. The molecular weight excluding hydrogens is 422 g/mol. The third-order valence-electron chi connectivity index (χ3n) is 4.89. The van der Waals surface area contributed by atoms with E-state index in [4.69, 9.17) is 4.74 Å². The first-order valence-corrected chi connectivity index (χ1v) is 9.61. The number of benzene rings is 1. The maximum atomic E-state index is 9.79. The lowest BCUT2D eigenvalue weighted by atomic mass is 9.85. The normalized spacial score (nSPS) is 17.7. The van der Waals surface area contributed by atoms with Crippen LogP contribution in [0.4, 0.5) is 17.5 Å². The Hall–Kier alpha value is -2.71. The average molecular weight is 442 g/mol. The molecular formula is C20H20BrN5O2. The van der Waals surface area contributed by atoms with E-state index >= 15 is 0 Å². The molecule has 3 heterocycles. The Morgan fingerprint density at radius 1 is 1.29 bits per heavy atom. The van der Waals surface area contributed by atoms with E-state index in [0.29, 0.717) is 18.2 Å². The lowest BCUT2D eigenvalue weighted by Gasteiger charge is -2.20. The van der Waals surface area contributed by atoms with Gasteiger partial charge in [-0.25, -0.2) is 15.0 Å².